The van der Waals surface area contributed by atoms with E-state index in [1.807, 2.05) is 23.1 Å². The molecular weight excluding hydrogens is 387 g/mol. The number of amides is 2. The van der Waals surface area contributed by atoms with Crippen molar-refractivity contribution in [3.63, 3.8) is 0 Å². The Morgan fingerprint density at radius 3 is 2.70 bits per heavy atom. The third-order valence-corrected chi connectivity index (χ3v) is 6.10. The molecule has 5 rings (SSSR count). The van der Waals surface area contributed by atoms with Crippen molar-refractivity contribution in [2.45, 2.75) is 25.3 Å². The maximum atomic E-state index is 14.2. The largest absolute Gasteiger partial charge is 0.486 e. The van der Waals surface area contributed by atoms with Gasteiger partial charge < -0.3 is 19.3 Å². The molecule has 3 heterocycles. The summed E-state index contributed by atoms with van der Waals surface area (Å²) in [6.07, 6.45) is 1.88. The first-order chi connectivity index (χ1) is 14.6. The maximum absolute atomic E-state index is 14.2. The number of benzene rings is 2. The van der Waals surface area contributed by atoms with E-state index in [1.54, 1.807) is 18.2 Å². The van der Waals surface area contributed by atoms with Crippen molar-refractivity contribution in [2.24, 2.45) is 5.92 Å². The molecule has 0 radical (unpaired) electrons. The Bertz CT molecular complexity index is 995. The smallest absolute Gasteiger partial charge is 0.228 e. The molecule has 2 saturated heterocycles. The second-order valence-electron chi connectivity index (χ2n) is 7.95. The number of halogens is 1. The summed E-state index contributed by atoms with van der Waals surface area (Å²) in [7, 11) is 0. The van der Waals surface area contributed by atoms with Crippen molar-refractivity contribution in [3.05, 3.63) is 53.8 Å². The number of ether oxygens (including phenoxy) is 2. The lowest BCUT2D eigenvalue weighted by atomic mass is 10.0. The van der Waals surface area contributed by atoms with Gasteiger partial charge >= 0.3 is 0 Å². The van der Waals surface area contributed by atoms with Gasteiger partial charge in [0.25, 0.3) is 0 Å². The minimum atomic E-state index is -0.463. The van der Waals surface area contributed by atoms with E-state index >= 15 is 0 Å². The van der Waals surface area contributed by atoms with Crippen LogP contribution in [0.1, 0.15) is 30.9 Å². The molecule has 6 nitrogen and oxygen atoms in total. The molecular formula is C23H23FN2O4. The van der Waals surface area contributed by atoms with Gasteiger partial charge in [-0.25, -0.2) is 4.39 Å². The molecule has 2 aromatic rings. The lowest BCUT2D eigenvalue weighted by Gasteiger charge is -2.28. The monoisotopic (exact) mass is 410 g/mol. The number of anilines is 1. The zero-order chi connectivity index (χ0) is 20.7. The first-order valence-corrected chi connectivity index (χ1v) is 10.4. The summed E-state index contributed by atoms with van der Waals surface area (Å²) in [6.45, 7) is 1.92. The summed E-state index contributed by atoms with van der Waals surface area (Å²) >= 11 is 0. The van der Waals surface area contributed by atoms with Crippen molar-refractivity contribution in [2.75, 3.05) is 31.2 Å². The minimum Gasteiger partial charge on any atom is -0.486 e. The second-order valence-corrected chi connectivity index (χ2v) is 7.95. The summed E-state index contributed by atoms with van der Waals surface area (Å²) in [5.74, 6) is 0.264. The number of hydrogen-bond donors (Lipinski definition) is 0. The molecule has 0 spiro atoms. The highest BCUT2D eigenvalue weighted by Crippen LogP contribution is 2.39. The van der Waals surface area contributed by atoms with Gasteiger partial charge in [-0.2, -0.15) is 0 Å². The molecule has 3 aliphatic rings. The third-order valence-electron chi connectivity index (χ3n) is 6.10. The minimum absolute atomic E-state index is 0.0421. The standard InChI is InChI=1S/C23H23FN2O4/c24-17-4-1-2-5-19(17)26-14-16(13-22(26)27)23(28)25-9-3-6-18(25)15-7-8-20-21(12-15)30-11-10-29-20/h1-2,4-5,7-8,12,16,18H,3,6,9-11,13-14H2/t16-,18+/m0/s1. The predicted octanol–water partition coefficient (Wildman–Crippen LogP) is 3.31. The van der Waals surface area contributed by atoms with Gasteiger partial charge in [0.2, 0.25) is 11.8 Å². The number of nitrogens with zero attached hydrogens (tertiary/aromatic N) is 2. The Labute approximate surface area is 174 Å². The Balaban J connectivity index is 1.34. The Kier molecular flexibility index (Phi) is 4.81. The van der Waals surface area contributed by atoms with Gasteiger partial charge in [0.05, 0.1) is 17.6 Å². The highest BCUT2D eigenvalue weighted by Gasteiger charge is 2.41. The maximum Gasteiger partial charge on any atom is 0.228 e. The number of fused-ring (bicyclic) bond motifs is 1. The van der Waals surface area contributed by atoms with Crippen molar-refractivity contribution < 1.29 is 23.5 Å². The molecule has 0 unspecified atom stereocenters. The van der Waals surface area contributed by atoms with Crippen LogP contribution in [0.2, 0.25) is 0 Å². The van der Waals surface area contributed by atoms with Crippen LogP contribution in [0, 0.1) is 11.7 Å². The third kappa shape index (κ3) is 3.28. The fourth-order valence-corrected chi connectivity index (χ4v) is 4.66. The molecule has 0 aliphatic carbocycles. The molecule has 0 bridgehead atoms. The molecule has 0 N–H and O–H groups in total. The highest BCUT2D eigenvalue weighted by molar-refractivity contribution is 6.00. The number of para-hydroxylation sites is 1. The molecule has 30 heavy (non-hydrogen) atoms. The topological polar surface area (TPSA) is 59.1 Å². The first-order valence-electron chi connectivity index (χ1n) is 10.4. The summed E-state index contributed by atoms with van der Waals surface area (Å²) in [4.78, 5) is 29.1. The fraction of sp³-hybridized carbons (Fsp3) is 0.391. The van der Waals surface area contributed by atoms with Crippen molar-refractivity contribution in [1.29, 1.82) is 0 Å². The Hall–Kier alpha value is -3.09. The van der Waals surface area contributed by atoms with Gasteiger partial charge in [0.1, 0.15) is 19.0 Å². The van der Waals surface area contributed by atoms with Crippen LogP contribution < -0.4 is 14.4 Å². The molecule has 156 valence electrons. The van der Waals surface area contributed by atoms with E-state index in [9.17, 15) is 14.0 Å². The fourth-order valence-electron chi connectivity index (χ4n) is 4.66. The molecule has 0 saturated carbocycles. The summed E-state index contributed by atoms with van der Waals surface area (Å²) < 4.78 is 25.4. The average molecular weight is 410 g/mol. The van der Waals surface area contributed by atoms with E-state index in [4.69, 9.17) is 9.47 Å². The van der Waals surface area contributed by atoms with Gasteiger partial charge in [-0.1, -0.05) is 18.2 Å². The molecule has 2 fully saturated rings. The Morgan fingerprint density at radius 2 is 1.87 bits per heavy atom. The molecule has 3 aliphatic heterocycles. The zero-order valence-electron chi connectivity index (χ0n) is 16.6. The normalized spacial score (nSPS) is 23.2. The summed E-state index contributed by atoms with van der Waals surface area (Å²) in [5, 5.41) is 0. The second kappa shape index (κ2) is 7.63. The van der Waals surface area contributed by atoms with E-state index in [2.05, 4.69) is 0 Å². The van der Waals surface area contributed by atoms with Crippen LogP contribution in [-0.2, 0) is 9.59 Å². The van der Waals surface area contributed by atoms with Crippen LogP contribution >= 0.6 is 0 Å². The zero-order valence-corrected chi connectivity index (χ0v) is 16.6. The van der Waals surface area contributed by atoms with E-state index < -0.39 is 11.7 Å². The summed E-state index contributed by atoms with van der Waals surface area (Å²) in [6, 6.07) is 12.0. The molecule has 0 aromatic heterocycles. The molecule has 2 amide bonds. The number of carbonyl (C=O) groups excluding carboxylic acids is 2. The predicted molar refractivity (Wildman–Crippen MR) is 108 cm³/mol. The van der Waals surface area contributed by atoms with Crippen molar-refractivity contribution >= 4 is 17.5 Å². The molecule has 2 aromatic carbocycles. The number of hydrogen-bond acceptors (Lipinski definition) is 4. The SMILES string of the molecule is O=C1C[C@H](C(=O)N2CCC[C@@H]2c2ccc3c(c2)OCCO3)CN1c1ccccc1F. The van der Waals surface area contributed by atoms with Crippen LogP contribution in [-0.4, -0.2) is 43.0 Å². The average Bonchev–Trinajstić information content (AvgIpc) is 3.40. The van der Waals surface area contributed by atoms with E-state index in [0.29, 0.717) is 25.5 Å². The molecule has 2 atom stereocenters. The van der Waals surface area contributed by atoms with Gasteiger partial charge in [-0.3, -0.25) is 9.59 Å². The van der Waals surface area contributed by atoms with Crippen LogP contribution in [0.15, 0.2) is 42.5 Å². The lowest BCUT2D eigenvalue weighted by molar-refractivity contribution is -0.136. The Morgan fingerprint density at radius 1 is 1.07 bits per heavy atom. The van der Waals surface area contributed by atoms with Crippen LogP contribution in [0.5, 0.6) is 11.5 Å². The van der Waals surface area contributed by atoms with Crippen LogP contribution in [0.3, 0.4) is 0 Å². The van der Waals surface area contributed by atoms with Gasteiger partial charge in [-0.05, 0) is 42.7 Å². The number of carbonyl (C=O) groups is 2. The van der Waals surface area contributed by atoms with E-state index in [-0.39, 0.29) is 36.5 Å². The first kappa shape index (κ1) is 18.9. The summed E-state index contributed by atoms with van der Waals surface area (Å²) in [5.41, 5.74) is 1.25. The lowest BCUT2D eigenvalue weighted by Crippen LogP contribution is -2.37. The quantitative estimate of drug-likeness (QED) is 0.779. The number of rotatable bonds is 3. The van der Waals surface area contributed by atoms with Crippen LogP contribution in [0.4, 0.5) is 10.1 Å². The highest BCUT2D eigenvalue weighted by atomic mass is 19.1. The van der Waals surface area contributed by atoms with Gasteiger partial charge in [-0.15, -0.1) is 0 Å². The number of likely N-dealkylation sites (tertiary alicyclic amines) is 1. The van der Waals surface area contributed by atoms with E-state index in [0.717, 1.165) is 24.2 Å². The van der Waals surface area contributed by atoms with Crippen LogP contribution in [0.25, 0.3) is 0 Å². The van der Waals surface area contributed by atoms with Gasteiger partial charge in [0.15, 0.2) is 11.5 Å². The molecule has 7 heteroatoms. The van der Waals surface area contributed by atoms with Gasteiger partial charge in [0, 0.05) is 19.5 Å². The van der Waals surface area contributed by atoms with Crippen molar-refractivity contribution in [1.82, 2.24) is 4.90 Å². The van der Waals surface area contributed by atoms with Crippen molar-refractivity contribution in [3.8, 4) is 11.5 Å². The van der Waals surface area contributed by atoms with E-state index in [1.165, 1.54) is 11.0 Å².